The first-order valence-corrected chi connectivity index (χ1v) is 5.29. The van der Waals surface area contributed by atoms with Crippen molar-refractivity contribution in [3.63, 3.8) is 0 Å². The summed E-state index contributed by atoms with van der Waals surface area (Å²) in [4.78, 5) is 12.0. The Morgan fingerprint density at radius 1 is 1.50 bits per heavy atom. The summed E-state index contributed by atoms with van der Waals surface area (Å²) < 4.78 is 4.59. The largest absolute Gasteiger partial charge is 0.506 e. The number of aromatic hydroxyl groups is 1. The number of hydrogen-bond donors (Lipinski definition) is 1. The zero-order chi connectivity index (χ0) is 10.7. The average molecular weight is 212 g/mol. The van der Waals surface area contributed by atoms with Gasteiger partial charge in [-0.05, 0) is 25.3 Å². The first-order chi connectivity index (χ1) is 6.61. The number of ether oxygens (including phenoxy) is 1. The molecule has 0 aliphatic carbocycles. The van der Waals surface area contributed by atoms with Gasteiger partial charge in [-0.3, -0.25) is 0 Å². The van der Waals surface area contributed by atoms with Gasteiger partial charge in [0.2, 0.25) is 0 Å². The van der Waals surface area contributed by atoms with Crippen LogP contribution in [0.4, 0.5) is 0 Å². The Hall–Kier alpha value is -1.16. The molecule has 0 bridgehead atoms. The van der Waals surface area contributed by atoms with Crippen molar-refractivity contribution in [1.29, 1.82) is 0 Å². The Morgan fingerprint density at radius 2 is 2.14 bits per heavy atom. The van der Waals surface area contributed by atoms with E-state index in [1.165, 1.54) is 18.9 Å². The number of benzene rings is 1. The molecule has 1 aromatic carbocycles. The highest BCUT2D eigenvalue weighted by Crippen LogP contribution is 2.31. The van der Waals surface area contributed by atoms with Crippen molar-refractivity contribution in [2.75, 3.05) is 13.4 Å². The average Bonchev–Trinajstić information content (AvgIpc) is 2.21. The summed E-state index contributed by atoms with van der Waals surface area (Å²) in [6.07, 6.45) is 1.87. The summed E-state index contributed by atoms with van der Waals surface area (Å²) in [7, 11) is 1.32. The van der Waals surface area contributed by atoms with Crippen molar-refractivity contribution in [2.45, 2.75) is 11.8 Å². The number of esters is 1. The summed E-state index contributed by atoms with van der Waals surface area (Å²) >= 11 is 1.44. The molecule has 0 atom stereocenters. The molecule has 1 N–H and O–H groups in total. The minimum absolute atomic E-state index is 0.153. The van der Waals surface area contributed by atoms with E-state index in [9.17, 15) is 9.90 Å². The van der Waals surface area contributed by atoms with Crippen LogP contribution in [0.1, 0.15) is 15.9 Å². The Kier molecular flexibility index (Phi) is 3.41. The zero-order valence-electron chi connectivity index (χ0n) is 8.33. The number of methoxy groups -OCH3 is 1. The third-order valence-corrected chi connectivity index (χ3v) is 2.79. The fourth-order valence-electron chi connectivity index (χ4n) is 1.17. The smallest absolute Gasteiger partial charge is 0.338 e. The molecular weight excluding hydrogens is 200 g/mol. The SMILES string of the molecule is COC(=O)c1ccc(SC)c(O)c1C. The quantitative estimate of drug-likeness (QED) is 0.603. The van der Waals surface area contributed by atoms with E-state index in [0.29, 0.717) is 11.1 Å². The van der Waals surface area contributed by atoms with Gasteiger partial charge in [-0.2, -0.15) is 0 Å². The van der Waals surface area contributed by atoms with Crippen molar-refractivity contribution in [1.82, 2.24) is 0 Å². The van der Waals surface area contributed by atoms with Gasteiger partial charge in [0.05, 0.1) is 12.7 Å². The summed E-state index contributed by atoms with van der Waals surface area (Å²) in [5.41, 5.74) is 0.964. The van der Waals surface area contributed by atoms with Crippen molar-refractivity contribution in [2.24, 2.45) is 0 Å². The van der Waals surface area contributed by atoms with E-state index in [0.717, 1.165) is 4.90 Å². The molecule has 0 radical (unpaired) electrons. The van der Waals surface area contributed by atoms with Gasteiger partial charge >= 0.3 is 5.97 Å². The van der Waals surface area contributed by atoms with Crippen LogP contribution in [0.25, 0.3) is 0 Å². The molecule has 0 saturated carbocycles. The zero-order valence-corrected chi connectivity index (χ0v) is 9.14. The maximum Gasteiger partial charge on any atom is 0.338 e. The lowest BCUT2D eigenvalue weighted by molar-refractivity contribution is 0.0599. The Balaban J connectivity index is 3.24. The molecule has 0 saturated heterocycles. The van der Waals surface area contributed by atoms with E-state index in [1.54, 1.807) is 19.1 Å². The van der Waals surface area contributed by atoms with Crippen molar-refractivity contribution >= 4 is 17.7 Å². The number of hydrogen-bond acceptors (Lipinski definition) is 4. The van der Waals surface area contributed by atoms with Crippen LogP contribution in [-0.4, -0.2) is 24.4 Å². The van der Waals surface area contributed by atoms with Crippen LogP contribution < -0.4 is 0 Å². The van der Waals surface area contributed by atoms with Gasteiger partial charge < -0.3 is 9.84 Å². The molecule has 76 valence electrons. The van der Waals surface area contributed by atoms with Gasteiger partial charge in [0.15, 0.2) is 0 Å². The van der Waals surface area contributed by atoms with Crippen LogP contribution in [0.5, 0.6) is 5.75 Å². The number of phenolic OH excluding ortho intramolecular Hbond substituents is 1. The number of rotatable bonds is 2. The van der Waals surface area contributed by atoms with Crippen molar-refractivity contribution < 1.29 is 14.6 Å². The van der Waals surface area contributed by atoms with Gasteiger partial charge in [-0.25, -0.2) is 4.79 Å². The van der Waals surface area contributed by atoms with Crippen molar-refractivity contribution in [3.05, 3.63) is 23.3 Å². The van der Waals surface area contributed by atoms with Crippen LogP contribution >= 0.6 is 11.8 Å². The second-order valence-electron chi connectivity index (χ2n) is 2.78. The van der Waals surface area contributed by atoms with Gasteiger partial charge in [0.1, 0.15) is 5.75 Å². The van der Waals surface area contributed by atoms with Crippen LogP contribution in [0.2, 0.25) is 0 Å². The highest BCUT2D eigenvalue weighted by Gasteiger charge is 2.14. The predicted molar refractivity (Wildman–Crippen MR) is 56.0 cm³/mol. The Bertz CT molecular complexity index is 361. The molecule has 0 spiro atoms. The monoisotopic (exact) mass is 212 g/mol. The fraction of sp³-hybridized carbons (Fsp3) is 0.300. The molecule has 0 fully saturated rings. The van der Waals surface area contributed by atoms with Gasteiger partial charge in [-0.1, -0.05) is 0 Å². The summed E-state index contributed by atoms with van der Waals surface area (Å²) in [6, 6.07) is 3.37. The number of phenols is 1. The number of carbonyl (C=O) groups is 1. The van der Waals surface area contributed by atoms with Crippen LogP contribution in [0.15, 0.2) is 17.0 Å². The molecule has 1 aromatic rings. The molecule has 0 amide bonds. The molecule has 0 aliphatic heterocycles. The standard InChI is InChI=1S/C10H12O3S/c1-6-7(10(12)13-2)4-5-8(14-3)9(6)11/h4-5,11H,1-3H3. The molecule has 0 aromatic heterocycles. The molecule has 0 unspecified atom stereocenters. The summed E-state index contributed by atoms with van der Waals surface area (Å²) in [6.45, 7) is 1.70. The maximum absolute atomic E-state index is 11.2. The lowest BCUT2D eigenvalue weighted by Crippen LogP contribution is -2.03. The second kappa shape index (κ2) is 4.37. The molecule has 1 rings (SSSR count). The minimum atomic E-state index is -0.426. The molecule has 3 nitrogen and oxygen atoms in total. The number of carbonyl (C=O) groups excluding carboxylic acids is 1. The third kappa shape index (κ3) is 1.85. The van der Waals surface area contributed by atoms with E-state index in [4.69, 9.17) is 0 Å². The summed E-state index contributed by atoms with van der Waals surface area (Å²) in [5.74, 6) is -0.272. The lowest BCUT2D eigenvalue weighted by atomic mass is 10.1. The molecule has 0 heterocycles. The molecule has 14 heavy (non-hydrogen) atoms. The van der Waals surface area contributed by atoms with Crippen molar-refractivity contribution in [3.8, 4) is 5.75 Å². The van der Waals surface area contributed by atoms with Gasteiger partial charge in [-0.15, -0.1) is 11.8 Å². The predicted octanol–water partition coefficient (Wildman–Crippen LogP) is 2.21. The van der Waals surface area contributed by atoms with E-state index in [-0.39, 0.29) is 5.75 Å². The van der Waals surface area contributed by atoms with E-state index < -0.39 is 5.97 Å². The normalized spacial score (nSPS) is 9.93. The van der Waals surface area contributed by atoms with E-state index in [1.807, 2.05) is 6.26 Å². The highest BCUT2D eigenvalue weighted by molar-refractivity contribution is 7.98. The summed E-state index contributed by atoms with van der Waals surface area (Å²) in [5, 5.41) is 9.69. The second-order valence-corrected chi connectivity index (χ2v) is 3.63. The Labute approximate surface area is 87.1 Å². The first kappa shape index (κ1) is 10.9. The number of thioether (sulfide) groups is 1. The van der Waals surface area contributed by atoms with Crippen LogP contribution in [0.3, 0.4) is 0 Å². The minimum Gasteiger partial charge on any atom is -0.506 e. The van der Waals surface area contributed by atoms with Crippen LogP contribution in [0, 0.1) is 6.92 Å². The van der Waals surface area contributed by atoms with E-state index >= 15 is 0 Å². The van der Waals surface area contributed by atoms with E-state index in [2.05, 4.69) is 4.74 Å². The maximum atomic E-state index is 11.2. The fourth-order valence-corrected chi connectivity index (χ4v) is 1.72. The van der Waals surface area contributed by atoms with Gasteiger partial charge in [0.25, 0.3) is 0 Å². The third-order valence-electron chi connectivity index (χ3n) is 2.02. The highest BCUT2D eigenvalue weighted by atomic mass is 32.2. The first-order valence-electron chi connectivity index (χ1n) is 4.06. The molecular formula is C10H12O3S. The molecule has 4 heteroatoms. The topological polar surface area (TPSA) is 46.5 Å². The molecule has 0 aliphatic rings. The Morgan fingerprint density at radius 3 is 2.64 bits per heavy atom. The van der Waals surface area contributed by atoms with Gasteiger partial charge in [0, 0.05) is 10.5 Å². The van der Waals surface area contributed by atoms with Crippen LogP contribution in [-0.2, 0) is 4.74 Å². The lowest BCUT2D eigenvalue weighted by Gasteiger charge is -2.08.